The Morgan fingerprint density at radius 1 is 1.53 bits per heavy atom. The first-order chi connectivity index (χ1) is 8.15. The molecule has 0 radical (unpaired) electrons. The number of fused-ring (bicyclic) bond motifs is 1. The average molecular weight is 268 g/mol. The van der Waals surface area contributed by atoms with Gasteiger partial charge in [0.15, 0.2) is 0 Å². The molecule has 0 aromatic carbocycles. The van der Waals surface area contributed by atoms with Gasteiger partial charge in [-0.15, -0.1) is 23.1 Å². The molecule has 2 heterocycles. The largest absolute Gasteiger partial charge is 0.477 e. The van der Waals surface area contributed by atoms with Crippen molar-refractivity contribution in [1.29, 1.82) is 0 Å². The summed E-state index contributed by atoms with van der Waals surface area (Å²) in [6.45, 7) is 3.93. The summed E-state index contributed by atoms with van der Waals surface area (Å²) in [5, 5.41) is 10.9. The second kappa shape index (κ2) is 5.01. The highest BCUT2D eigenvalue weighted by Crippen LogP contribution is 2.34. The van der Waals surface area contributed by atoms with Gasteiger partial charge in [-0.3, -0.25) is 0 Å². The van der Waals surface area contributed by atoms with Gasteiger partial charge in [0.05, 0.1) is 0 Å². The molecule has 90 valence electrons. The van der Waals surface area contributed by atoms with Gasteiger partial charge in [0.2, 0.25) is 0 Å². The third-order valence-electron chi connectivity index (χ3n) is 2.33. The van der Waals surface area contributed by atoms with Gasteiger partial charge < -0.3 is 5.11 Å². The van der Waals surface area contributed by atoms with Crippen molar-refractivity contribution in [2.45, 2.75) is 25.3 Å². The highest BCUT2D eigenvalue weighted by atomic mass is 32.2. The molecule has 2 aromatic rings. The van der Waals surface area contributed by atoms with E-state index in [0.29, 0.717) is 4.88 Å². The molecule has 1 N–H and O–H groups in total. The Hall–Kier alpha value is -1.14. The Kier molecular flexibility index (Phi) is 3.63. The number of carbonyl (C=O) groups is 1. The van der Waals surface area contributed by atoms with Crippen molar-refractivity contribution in [3.8, 4) is 0 Å². The summed E-state index contributed by atoms with van der Waals surface area (Å²) in [5.74, 6) is 0.0843. The molecule has 0 saturated carbocycles. The Morgan fingerprint density at radius 2 is 2.29 bits per heavy atom. The number of carboxylic acid groups (broad SMARTS) is 1. The number of hydrogen-bond donors (Lipinski definition) is 1. The van der Waals surface area contributed by atoms with Gasteiger partial charge in [-0.05, 0) is 24.7 Å². The number of carboxylic acids is 1. The third kappa shape index (κ3) is 2.28. The fourth-order valence-corrected chi connectivity index (χ4v) is 3.52. The highest BCUT2D eigenvalue weighted by molar-refractivity contribution is 7.99. The molecule has 0 saturated heterocycles. The Bertz CT molecular complexity index is 566. The van der Waals surface area contributed by atoms with Gasteiger partial charge in [0.1, 0.15) is 21.1 Å². The predicted molar refractivity (Wildman–Crippen MR) is 70.1 cm³/mol. The first kappa shape index (κ1) is 12.3. The summed E-state index contributed by atoms with van der Waals surface area (Å²) in [5.41, 5.74) is 0.775. The normalized spacial score (nSPS) is 10.9. The molecule has 0 aliphatic rings. The van der Waals surface area contributed by atoms with Crippen LogP contribution in [0.25, 0.3) is 10.2 Å². The van der Waals surface area contributed by atoms with Gasteiger partial charge >= 0.3 is 5.97 Å². The SMILES string of the molecule is CCCSc1ncnc2sc(C(=O)O)c(C)c12. The van der Waals surface area contributed by atoms with Crippen molar-refractivity contribution in [1.82, 2.24) is 9.97 Å². The zero-order valence-electron chi connectivity index (χ0n) is 9.56. The first-order valence-electron chi connectivity index (χ1n) is 5.25. The molecule has 0 atom stereocenters. The van der Waals surface area contributed by atoms with Crippen molar-refractivity contribution in [3.63, 3.8) is 0 Å². The standard InChI is InChI=1S/C11H12N2O2S2/c1-3-4-16-9-7-6(2)8(11(14)15)17-10(7)13-5-12-9/h5H,3-4H2,1-2H3,(H,14,15). The molecular formula is C11H12N2O2S2. The van der Waals surface area contributed by atoms with Crippen LogP contribution in [0.1, 0.15) is 28.6 Å². The topological polar surface area (TPSA) is 63.1 Å². The van der Waals surface area contributed by atoms with Gasteiger partial charge in [-0.1, -0.05) is 6.92 Å². The molecule has 0 amide bonds. The predicted octanol–water partition coefficient (Wildman–Crippen LogP) is 3.20. The number of hydrogen-bond acceptors (Lipinski definition) is 5. The highest BCUT2D eigenvalue weighted by Gasteiger charge is 2.18. The number of thiophene rings is 1. The van der Waals surface area contributed by atoms with E-state index in [9.17, 15) is 4.79 Å². The smallest absolute Gasteiger partial charge is 0.346 e. The van der Waals surface area contributed by atoms with Crippen LogP contribution in [-0.4, -0.2) is 26.8 Å². The molecule has 0 fully saturated rings. The molecular weight excluding hydrogens is 256 g/mol. The summed E-state index contributed by atoms with van der Waals surface area (Å²) in [7, 11) is 0. The van der Waals surface area contributed by atoms with Crippen LogP contribution in [0, 0.1) is 6.92 Å². The van der Waals surface area contributed by atoms with E-state index in [4.69, 9.17) is 5.11 Å². The van der Waals surface area contributed by atoms with Crippen LogP contribution >= 0.6 is 23.1 Å². The third-order valence-corrected chi connectivity index (χ3v) is 4.71. The number of aromatic carboxylic acids is 1. The number of thioether (sulfide) groups is 1. The minimum absolute atomic E-state index is 0.360. The lowest BCUT2D eigenvalue weighted by Gasteiger charge is -2.01. The molecule has 2 rings (SSSR count). The van der Waals surface area contributed by atoms with Crippen molar-refractivity contribution in [3.05, 3.63) is 16.8 Å². The maximum Gasteiger partial charge on any atom is 0.346 e. The van der Waals surface area contributed by atoms with E-state index in [1.54, 1.807) is 11.8 Å². The number of aryl methyl sites for hydroxylation is 1. The number of nitrogens with zero attached hydrogens (tertiary/aromatic N) is 2. The molecule has 4 nitrogen and oxygen atoms in total. The van der Waals surface area contributed by atoms with E-state index in [1.807, 2.05) is 6.92 Å². The van der Waals surface area contributed by atoms with Gasteiger partial charge in [0, 0.05) is 5.39 Å². The first-order valence-corrected chi connectivity index (χ1v) is 7.05. The van der Waals surface area contributed by atoms with E-state index in [2.05, 4.69) is 16.9 Å². The molecule has 17 heavy (non-hydrogen) atoms. The van der Waals surface area contributed by atoms with Crippen LogP contribution < -0.4 is 0 Å². The summed E-state index contributed by atoms with van der Waals surface area (Å²) in [6.07, 6.45) is 2.56. The Labute approximate surface area is 107 Å². The summed E-state index contributed by atoms with van der Waals surface area (Å²) in [4.78, 5) is 20.6. The van der Waals surface area contributed by atoms with Crippen LogP contribution in [0.2, 0.25) is 0 Å². The van der Waals surface area contributed by atoms with E-state index < -0.39 is 5.97 Å². The number of aromatic nitrogens is 2. The molecule has 0 unspecified atom stereocenters. The van der Waals surface area contributed by atoms with Gasteiger partial charge in [0.25, 0.3) is 0 Å². The van der Waals surface area contributed by atoms with Gasteiger partial charge in [-0.2, -0.15) is 0 Å². The summed E-state index contributed by atoms with van der Waals surface area (Å²) < 4.78 is 0. The molecule has 0 aliphatic heterocycles. The second-order valence-corrected chi connectivity index (χ2v) is 5.65. The molecule has 0 spiro atoms. The summed E-state index contributed by atoms with van der Waals surface area (Å²) >= 11 is 2.87. The zero-order valence-corrected chi connectivity index (χ0v) is 11.2. The Balaban J connectivity index is 2.58. The van der Waals surface area contributed by atoms with Gasteiger partial charge in [-0.25, -0.2) is 14.8 Å². The van der Waals surface area contributed by atoms with Crippen molar-refractivity contribution < 1.29 is 9.90 Å². The van der Waals surface area contributed by atoms with Crippen LogP contribution in [0.5, 0.6) is 0 Å². The lowest BCUT2D eigenvalue weighted by molar-refractivity contribution is 0.0701. The Morgan fingerprint density at radius 3 is 2.94 bits per heavy atom. The van der Waals surface area contributed by atoms with Crippen LogP contribution in [0.3, 0.4) is 0 Å². The maximum atomic E-state index is 11.1. The number of rotatable bonds is 4. The van der Waals surface area contributed by atoms with Crippen molar-refractivity contribution in [2.75, 3.05) is 5.75 Å². The second-order valence-electron chi connectivity index (χ2n) is 3.57. The minimum atomic E-state index is -0.892. The van der Waals surface area contributed by atoms with E-state index in [0.717, 1.165) is 33.0 Å². The molecule has 2 aromatic heterocycles. The van der Waals surface area contributed by atoms with E-state index >= 15 is 0 Å². The van der Waals surface area contributed by atoms with Crippen molar-refractivity contribution >= 4 is 39.3 Å². The lowest BCUT2D eigenvalue weighted by Crippen LogP contribution is -1.94. The quantitative estimate of drug-likeness (QED) is 0.681. The van der Waals surface area contributed by atoms with E-state index in [-0.39, 0.29) is 0 Å². The minimum Gasteiger partial charge on any atom is -0.477 e. The lowest BCUT2D eigenvalue weighted by atomic mass is 10.2. The zero-order chi connectivity index (χ0) is 12.4. The van der Waals surface area contributed by atoms with Crippen LogP contribution in [-0.2, 0) is 0 Å². The van der Waals surface area contributed by atoms with E-state index in [1.165, 1.54) is 17.7 Å². The fraction of sp³-hybridized carbons (Fsp3) is 0.364. The monoisotopic (exact) mass is 268 g/mol. The molecule has 6 heteroatoms. The average Bonchev–Trinajstić information content (AvgIpc) is 2.65. The van der Waals surface area contributed by atoms with Crippen LogP contribution in [0.4, 0.5) is 0 Å². The van der Waals surface area contributed by atoms with Crippen molar-refractivity contribution in [2.24, 2.45) is 0 Å². The maximum absolute atomic E-state index is 11.1. The summed E-state index contributed by atoms with van der Waals surface area (Å²) in [6, 6.07) is 0. The molecule has 0 bridgehead atoms. The molecule has 0 aliphatic carbocycles. The fourth-order valence-electron chi connectivity index (χ4n) is 1.55. The van der Waals surface area contributed by atoms with Crippen LogP contribution in [0.15, 0.2) is 11.4 Å².